The van der Waals surface area contributed by atoms with Gasteiger partial charge in [-0.05, 0) is 29.2 Å². The maximum atomic E-state index is 11.4. The number of carbonyl (C=O) groups excluding carboxylic acids is 1. The second-order valence-corrected chi connectivity index (χ2v) is 5.98. The molecule has 128 valence electrons. The third kappa shape index (κ3) is 3.42. The lowest BCUT2D eigenvalue weighted by Gasteiger charge is -2.24. The second kappa shape index (κ2) is 7.02. The van der Waals surface area contributed by atoms with Gasteiger partial charge in [0.1, 0.15) is 5.52 Å². The molecule has 1 fully saturated rings. The van der Waals surface area contributed by atoms with Crippen molar-refractivity contribution in [3.8, 4) is 0 Å². The predicted molar refractivity (Wildman–Crippen MR) is 92.2 cm³/mol. The van der Waals surface area contributed by atoms with Crippen LogP contribution in [0.2, 0.25) is 0 Å². The van der Waals surface area contributed by atoms with E-state index in [1.807, 2.05) is 25.1 Å². The van der Waals surface area contributed by atoms with Crippen LogP contribution in [-0.4, -0.2) is 37.2 Å². The predicted octanol–water partition coefficient (Wildman–Crippen LogP) is 1.69. The summed E-state index contributed by atoms with van der Waals surface area (Å²) in [6.07, 6.45) is 0.294. The highest BCUT2D eigenvalue weighted by molar-refractivity contribution is 5.82. The number of hydrogen-bond acceptors (Lipinski definition) is 6. The van der Waals surface area contributed by atoms with Crippen LogP contribution in [0.1, 0.15) is 18.9 Å². The van der Waals surface area contributed by atoms with Gasteiger partial charge in [-0.2, -0.15) is 4.98 Å². The molecule has 1 saturated heterocycles. The number of oxazole rings is 1. The van der Waals surface area contributed by atoms with Crippen LogP contribution in [0.15, 0.2) is 29.2 Å². The molecular formula is C17H22N4O3. The number of benzene rings is 1. The average molecular weight is 330 g/mol. The Kier molecular flexibility index (Phi) is 4.82. The van der Waals surface area contributed by atoms with E-state index in [9.17, 15) is 4.79 Å². The third-order valence-corrected chi connectivity index (χ3v) is 4.28. The summed E-state index contributed by atoms with van der Waals surface area (Å²) in [7, 11) is 0. The van der Waals surface area contributed by atoms with Gasteiger partial charge in [-0.15, -0.1) is 0 Å². The van der Waals surface area contributed by atoms with E-state index in [0.717, 1.165) is 29.7 Å². The van der Waals surface area contributed by atoms with E-state index < -0.39 is 0 Å². The number of allylic oxidation sites excluding steroid dienone is 1. The van der Waals surface area contributed by atoms with Gasteiger partial charge in [0.15, 0.2) is 5.58 Å². The molecule has 1 amide bonds. The SMILES string of the molecule is C=C(c1ccc2nc(N3CCOCC3)oc2c1)C(C)CC(=O)NN. The maximum Gasteiger partial charge on any atom is 0.298 e. The minimum Gasteiger partial charge on any atom is -0.423 e. The molecule has 1 aromatic carbocycles. The zero-order chi connectivity index (χ0) is 17.1. The van der Waals surface area contributed by atoms with E-state index in [1.54, 1.807) is 0 Å². The third-order valence-electron chi connectivity index (χ3n) is 4.28. The van der Waals surface area contributed by atoms with Gasteiger partial charge in [0, 0.05) is 19.5 Å². The van der Waals surface area contributed by atoms with Crippen molar-refractivity contribution in [2.75, 3.05) is 31.2 Å². The smallest absolute Gasteiger partial charge is 0.298 e. The molecular weight excluding hydrogens is 308 g/mol. The largest absolute Gasteiger partial charge is 0.423 e. The lowest BCUT2D eigenvalue weighted by Crippen LogP contribution is -2.36. The zero-order valence-corrected chi connectivity index (χ0v) is 13.7. The highest BCUT2D eigenvalue weighted by Gasteiger charge is 2.18. The molecule has 1 unspecified atom stereocenters. The molecule has 0 spiro atoms. The Balaban J connectivity index is 1.80. The fourth-order valence-corrected chi connectivity index (χ4v) is 2.75. The van der Waals surface area contributed by atoms with Crippen LogP contribution in [0.5, 0.6) is 0 Å². The number of nitrogens with one attached hydrogen (secondary N) is 1. The summed E-state index contributed by atoms with van der Waals surface area (Å²) in [5.74, 6) is 4.91. The number of aromatic nitrogens is 1. The molecule has 3 rings (SSSR count). The molecule has 1 atom stereocenters. The highest BCUT2D eigenvalue weighted by Crippen LogP contribution is 2.29. The monoisotopic (exact) mass is 330 g/mol. The molecule has 1 aliphatic heterocycles. The van der Waals surface area contributed by atoms with Crippen LogP contribution in [0, 0.1) is 5.92 Å². The summed E-state index contributed by atoms with van der Waals surface area (Å²) in [4.78, 5) is 18.0. The first-order chi connectivity index (χ1) is 11.6. The highest BCUT2D eigenvalue weighted by atomic mass is 16.5. The van der Waals surface area contributed by atoms with E-state index in [0.29, 0.717) is 31.2 Å². The van der Waals surface area contributed by atoms with E-state index in [1.165, 1.54) is 0 Å². The van der Waals surface area contributed by atoms with Gasteiger partial charge >= 0.3 is 0 Å². The fourth-order valence-electron chi connectivity index (χ4n) is 2.75. The summed E-state index contributed by atoms with van der Waals surface area (Å²) in [5, 5.41) is 0. The number of hydrogen-bond donors (Lipinski definition) is 2. The minimum absolute atomic E-state index is 0.0207. The van der Waals surface area contributed by atoms with Gasteiger partial charge in [0.25, 0.3) is 6.01 Å². The Morgan fingerprint density at radius 1 is 1.46 bits per heavy atom. The standard InChI is InChI=1S/C17H22N4O3/c1-11(9-16(22)20-18)12(2)13-3-4-14-15(10-13)24-17(19-14)21-5-7-23-8-6-21/h3-4,10-11H,2,5-9,18H2,1H3,(H,20,22). The number of fused-ring (bicyclic) bond motifs is 1. The molecule has 1 aliphatic rings. The molecule has 0 radical (unpaired) electrons. The topological polar surface area (TPSA) is 93.6 Å². The van der Waals surface area contributed by atoms with Crippen LogP contribution >= 0.6 is 0 Å². The molecule has 1 aromatic heterocycles. The van der Waals surface area contributed by atoms with Crippen LogP contribution in [-0.2, 0) is 9.53 Å². The zero-order valence-electron chi connectivity index (χ0n) is 13.7. The number of rotatable bonds is 5. The van der Waals surface area contributed by atoms with Crippen molar-refractivity contribution in [2.24, 2.45) is 11.8 Å². The first kappa shape index (κ1) is 16.5. The molecule has 0 aliphatic carbocycles. The van der Waals surface area contributed by atoms with Gasteiger partial charge in [-0.25, -0.2) is 5.84 Å². The Morgan fingerprint density at radius 3 is 2.92 bits per heavy atom. The van der Waals surface area contributed by atoms with Crippen molar-refractivity contribution in [3.05, 3.63) is 30.3 Å². The van der Waals surface area contributed by atoms with Crippen molar-refractivity contribution < 1.29 is 13.9 Å². The van der Waals surface area contributed by atoms with Crippen molar-refractivity contribution in [1.82, 2.24) is 10.4 Å². The Morgan fingerprint density at radius 2 is 2.21 bits per heavy atom. The molecule has 0 bridgehead atoms. The van der Waals surface area contributed by atoms with E-state index in [-0.39, 0.29) is 11.8 Å². The summed E-state index contributed by atoms with van der Waals surface area (Å²) < 4.78 is 11.2. The number of nitrogens with zero attached hydrogens (tertiary/aromatic N) is 2. The molecule has 7 heteroatoms. The van der Waals surface area contributed by atoms with E-state index >= 15 is 0 Å². The van der Waals surface area contributed by atoms with Crippen molar-refractivity contribution in [2.45, 2.75) is 13.3 Å². The van der Waals surface area contributed by atoms with Gasteiger partial charge in [-0.3, -0.25) is 10.2 Å². The summed E-state index contributed by atoms with van der Waals surface area (Å²) in [5.41, 5.74) is 5.47. The van der Waals surface area contributed by atoms with Crippen LogP contribution in [0.25, 0.3) is 16.7 Å². The number of ether oxygens (including phenoxy) is 1. The number of morpholine rings is 1. The first-order valence-electron chi connectivity index (χ1n) is 8.00. The summed E-state index contributed by atoms with van der Waals surface area (Å²) >= 11 is 0. The Labute approximate surface area is 140 Å². The number of anilines is 1. The van der Waals surface area contributed by atoms with Gasteiger partial charge in [-0.1, -0.05) is 19.6 Å². The van der Waals surface area contributed by atoms with Gasteiger partial charge in [0.2, 0.25) is 5.91 Å². The second-order valence-electron chi connectivity index (χ2n) is 5.98. The first-order valence-corrected chi connectivity index (χ1v) is 8.00. The lowest BCUT2D eigenvalue weighted by atomic mass is 9.92. The minimum atomic E-state index is -0.209. The molecule has 2 heterocycles. The molecule has 3 N–H and O–H groups in total. The quantitative estimate of drug-likeness (QED) is 0.492. The molecule has 24 heavy (non-hydrogen) atoms. The van der Waals surface area contributed by atoms with Crippen molar-refractivity contribution in [3.63, 3.8) is 0 Å². The van der Waals surface area contributed by atoms with Crippen LogP contribution < -0.4 is 16.2 Å². The maximum absolute atomic E-state index is 11.4. The summed E-state index contributed by atoms with van der Waals surface area (Å²) in [6.45, 7) is 8.97. The number of hydrazine groups is 1. The fraction of sp³-hybridized carbons (Fsp3) is 0.412. The Hall–Kier alpha value is -2.38. The van der Waals surface area contributed by atoms with Gasteiger partial charge in [0.05, 0.1) is 13.2 Å². The summed E-state index contributed by atoms with van der Waals surface area (Å²) in [6, 6.07) is 6.41. The van der Waals surface area contributed by atoms with E-state index in [2.05, 4.69) is 21.9 Å². The molecule has 7 nitrogen and oxygen atoms in total. The van der Waals surface area contributed by atoms with E-state index in [4.69, 9.17) is 15.0 Å². The molecule has 2 aromatic rings. The normalized spacial score (nSPS) is 16.2. The average Bonchev–Trinajstić information content (AvgIpc) is 3.04. The molecule has 0 saturated carbocycles. The number of carbonyl (C=O) groups is 1. The lowest BCUT2D eigenvalue weighted by molar-refractivity contribution is -0.121. The number of nitrogens with two attached hydrogens (primary N) is 1. The van der Waals surface area contributed by atoms with Crippen LogP contribution in [0.3, 0.4) is 0 Å². The van der Waals surface area contributed by atoms with Crippen molar-refractivity contribution >= 4 is 28.6 Å². The Bertz CT molecular complexity index is 749. The van der Waals surface area contributed by atoms with Crippen molar-refractivity contribution in [1.29, 1.82) is 0 Å². The van der Waals surface area contributed by atoms with Gasteiger partial charge < -0.3 is 14.1 Å². The van der Waals surface area contributed by atoms with Crippen LogP contribution in [0.4, 0.5) is 6.01 Å². The number of amides is 1.